The number of rotatable bonds is 1. The number of carbonyl (C=O) groups is 1. The van der Waals surface area contributed by atoms with Gasteiger partial charge in [0.25, 0.3) is 0 Å². The molecule has 0 unspecified atom stereocenters. The molecule has 1 aromatic rings. The molecular weight excluding hydrogens is 216 g/mol. The minimum absolute atomic E-state index is 0.236. The maximum atomic E-state index is 11.6. The Morgan fingerprint density at radius 2 is 2.18 bits per heavy atom. The van der Waals surface area contributed by atoms with E-state index >= 15 is 0 Å². The normalized spacial score (nSPS) is 21.5. The summed E-state index contributed by atoms with van der Waals surface area (Å²) in [6.45, 7) is 1.88. The Morgan fingerprint density at radius 1 is 1.41 bits per heavy atom. The SMILES string of the molecule is COC(=O)c1cc2c([nH]1)C1(CCCC1)CNC2. The van der Waals surface area contributed by atoms with Gasteiger partial charge in [-0.15, -0.1) is 0 Å². The van der Waals surface area contributed by atoms with Crippen molar-refractivity contribution < 1.29 is 9.53 Å². The third-order valence-electron chi connectivity index (χ3n) is 4.17. The standard InChI is InChI=1S/C13H18N2O2/c1-17-12(16)10-6-9-7-14-8-13(11(9)15-10)4-2-3-5-13/h6,14-15H,2-5,7-8H2,1H3. The molecule has 17 heavy (non-hydrogen) atoms. The third-order valence-corrected chi connectivity index (χ3v) is 4.17. The molecule has 0 radical (unpaired) electrons. The van der Waals surface area contributed by atoms with Crippen LogP contribution in [0.15, 0.2) is 6.07 Å². The van der Waals surface area contributed by atoms with Crippen LogP contribution < -0.4 is 5.32 Å². The van der Waals surface area contributed by atoms with E-state index in [0.29, 0.717) is 5.69 Å². The highest BCUT2D eigenvalue weighted by atomic mass is 16.5. The number of methoxy groups -OCH3 is 1. The van der Waals surface area contributed by atoms with Crippen molar-refractivity contribution in [1.82, 2.24) is 10.3 Å². The van der Waals surface area contributed by atoms with Crippen molar-refractivity contribution >= 4 is 5.97 Å². The molecule has 1 aromatic heterocycles. The van der Waals surface area contributed by atoms with Gasteiger partial charge in [0.2, 0.25) is 0 Å². The summed E-state index contributed by atoms with van der Waals surface area (Å²) in [5, 5.41) is 3.47. The molecule has 1 spiro atoms. The molecule has 4 nitrogen and oxygen atoms in total. The first-order valence-electron chi connectivity index (χ1n) is 6.27. The highest BCUT2D eigenvalue weighted by Gasteiger charge is 2.40. The van der Waals surface area contributed by atoms with Crippen LogP contribution in [0.25, 0.3) is 0 Å². The van der Waals surface area contributed by atoms with E-state index < -0.39 is 0 Å². The van der Waals surface area contributed by atoms with Crippen LogP contribution in [0, 0.1) is 0 Å². The van der Waals surface area contributed by atoms with Crippen molar-refractivity contribution in [2.24, 2.45) is 0 Å². The molecule has 0 saturated heterocycles. The van der Waals surface area contributed by atoms with E-state index in [4.69, 9.17) is 4.74 Å². The second-order valence-electron chi connectivity index (χ2n) is 5.17. The Morgan fingerprint density at radius 3 is 2.88 bits per heavy atom. The van der Waals surface area contributed by atoms with Gasteiger partial charge in [0, 0.05) is 24.2 Å². The lowest BCUT2D eigenvalue weighted by molar-refractivity contribution is 0.0594. The molecule has 0 aromatic carbocycles. The fourth-order valence-electron chi connectivity index (χ4n) is 3.33. The maximum Gasteiger partial charge on any atom is 0.354 e. The number of hydrogen-bond donors (Lipinski definition) is 2. The monoisotopic (exact) mass is 234 g/mol. The zero-order valence-electron chi connectivity index (χ0n) is 10.1. The van der Waals surface area contributed by atoms with Crippen LogP contribution >= 0.6 is 0 Å². The van der Waals surface area contributed by atoms with E-state index in [1.54, 1.807) is 0 Å². The molecule has 3 rings (SSSR count). The molecule has 0 atom stereocenters. The largest absolute Gasteiger partial charge is 0.464 e. The third kappa shape index (κ3) is 1.59. The van der Waals surface area contributed by atoms with Crippen molar-refractivity contribution in [3.63, 3.8) is 0 Å². The van der Waals surface area contributed by atoms with Crippen molar-refractivity contribution in [3.8, 4) is 0 Å². The van der Waals surface area contributed by atoms with Crippen LogP contribution in [0.2, 0.25) is 0 Å². The van der Waals surface area contributed by atoms with Crippen molar-refractivity contribution in [2.75, 3.05) is 13.7 Å². The van der Waals surface area contributed by atoms with E-state index in [1.165, 1.54) is 44.1 Å². The molecule has 2 N–H and O–H groups in total. The number of ether oxygens (including phenoxy) is 1. The lowest BCUT2D eigenvalue weighted by Crippen LogP contribution is -2.41. The lowest BCUT2D eigenvalue weighted by atomic mass is 9.79. The number of esters is 1. The average Bonchev–Trinajstić information content (AvgIpc) is 2.96. The van der Waals surface area contributed by atoms with Crippen LogP contribution in [0.3, 0.4) is 0 Å². The molecule has 0 bridgehead atoms. The van der Waals surface area contributed by atoms with Crippen molar-refractivity contribution in [2.45, 2.75) is 37.6 Å². The van der Waals surface area contributed by atoms with Gasteiger partial charge in [-0.05, 0) is 24.5 Å². The van der Waals surface area contributed by atoms with Crippen LogP contribution in [0.1, 0.15) is 47.4 Å². The van der Waals surface area contributed by atoms with Gasteiger partial charge in [-0.2, -0.15) is 0 Å². The summed E-state index contributed by atoms with van der Waals surface area (Å²) in [7, 11) is 1.42. The average molecular weight is 234 g/mol. The summed E-state index contributed by atoms with van der Waals surface area (Å²) in [5.74, 6) is -0.271. The summed E-state index contributed by atoms with van der Waals surface area (Å²) in [4.78, 5) is 14.9. The molecule has 2 aliphatic rings. The zero-order chi connectivity index (χ0) is 11.9. The van der Waals surface area contributed by atoms with E-state index in [1.807, 2.05) is 6.07 Å². The number of carbonyl (C=O) groups excluding carboxylic acids is 1. The zero-order valence-corrected chi connectivity index (χ0v) is 10.1. The quantitative estimate of drug-likeness (QED) is 0.727. The maximum absolute atomic E-state index is 11.6. The second-order valence-corrected chi connectivity index (χ2v) is 5.17. The fourth-order valence-corrected chi connectivity index (χ4v) is 3.33. The summed E-state index contributed by atoms with van der Waals surface area (Å²) in [6.07, 6.45) is 5.00. The molecule has 0 amide bonds. The first kappa shape index (κ1) is 10.8. The first-order chi connectivity index (χ1) is 8.25. The number of fused-ring (bicyclic) bond motifs is 2. The fraction of sp³-hybridized carbons (Fsp3) is 0.615. The smallest absolute Gasteiger partial charge is 0.354 e. The van der Waals surface area contributed by atoms with E-state index in [9.17, 15) is 4.79 Å². The van der Waals surface area contributed by atoms with E-state index in [-0.39, 0.29) is 11.4 Å². The van der Waals surface area contributed by atoms with Gasteiger partial charge >= 0.3 is 5.97 Å². The molecule has 1 aliphatic carbocycles. The molecule has 1 fully saturated rings. The Balaban J connectivity index is 2.02. The number of aromatic amines is 1. The van der Waals surface area contributed by atoms with Crippen molar-refractivity contribution in [3.05, 3.63) is 23.0 Å². The van der Waals surface area contributed by atoms with Gasteiger partial charge in [-0.25, -0.2) is 4.79 Å². The molecule has 1 aliphatic heterocycles. The second kappa shape index (κ2) is 3.88. The number of aromatic nitrogens is 1. The van der Waals surface area contributed by atoms with Gasteiger partial charge in [0.1, 0.15) is 5.69 Å². The Bertz CT molecular complexity index is 444. The van der Waals surface area contributed by atoms with Crippen LogP contribution in [0.5, 0.6) is 0 Å². The minimum Gasteiger partial charge on any atom is -0.464 e. The van der Waals surface area contributed by atoms with Gasteiger partial charge in [0.05, 0.1) is 7.11 Å². The Labute approximate surface area is 101 Å². The van der Waals surface area contributed by atoms with Gasteiger partial charge in [-0.3, -0.25) is 0 Å². The number of H-pyrrole nitrogens is 1. The highest BCUT2D eigenvalue weighted by Crippen LogP contribution is 2.43. The van der Waals surface area contributed by atoms with Gasteiger partial charge < -0.3 is 15.0 Å². The summed E-state index contributed by atoms with van der Waals surface area (Å²) in [5.41, 5.74) is 3.33. The topological polar surface area (TPSA) is 54.1 Å². The first-order valence-corrected chi connectivity index (χ1v) is 6.27. The van der Waals surface area contributed by atoms with Gasteiger partial charge in [0.15, 0.2) is 0 Å². The minimum atomic E-state index is -0.271. The summed E-state index contributed by atoms with van der Waals surface area (Å²) in [6, 6.07) is 1.94. The molecule has 1 saturated carbocycles. The number of nitrogens with one attached hydrogen (secondary N) is 2. The molecule has 2 heterocycles. The lowest BCUT2D eigenvalue weighted by Gasteiger charge is -2.34. The van der Waals surface area contributed by atoms with E-state index in [2.05, 4.69) is 10.3 Å². The number of hydrogen-bond acceptors (Lipinski definition) is 3. The summed E-state index contributed by atoms with van der Waals surface area (Å²) >= 11 is 0. The predicted octanol–water partition coefficient (Wildman–Crippen LogP) is 1.72. The highest BCUT2D eigenvalue weighted by molar-refractivity contribution is 5.87. The summed E-state index contributed by atoms with van der Waals surface area (Å²) < 4.78 is 4.77. The van der Waals surface area contributed by atoms with Crippen LogP contribution in [0.4, 0.5) is 0 Å². The molecular formula is C13H18N2O2. The molecule has 92 valence electrons. The van der Waals surface area contributed by atoms with E-state index in [0.717, 1.165) is 13.1 Å². The molecule has 4 heteroatoms. The Hall–Kier alpha value is -1.29. The predicted molar refractivity (Wildman–Crippen MR) is 64.0 cm³/mol. The Kier molecular flexibility index (Phi) is 2.47. The van der Waals surface area contributed by atoms with Gasteiger partial charge in [-0.1, -0.05) is 12.8 Å². The van der Waals surface area contributed by atoms with Crippen molar-refractivity contribution in [1.29, 1.82) is 0 Å². The van der Waals surface area contributed by atoms with Crippen LogP contribution in [-0.4, -0.2) is 24.6 Å². The van der Waals surface area contributed by atoms with Crippen LogP contribution in [-0.2, 0) is 16.7 Å².